The molecule has 2 aliphatic heterocycles. The lowest BCUT2D eigenvalue weighted by Crippen LogP contribution is -2.52. The van der Waals surface area contributed by atoms with Crippen molar-refractivity contribution < 1.29 is 19.1 Å². The molecule has 0 aliphatic carbocycles. The van der Waals surface area contributed by atoms with Crippen LogP contribution in [0.25, 0.3) is 0 Å². The van der Waals surface area contributed by atoms with Crippen molar-refractivity contribution in [1.82, 2.24) is 4.90 Å². The van der Waals surface area contributed by atoms with Crippen LogP contribution in [0.15, 0.2) is 18.2 Å². The second-order valence-electron chi connectivity index (χ2n) is 5.90. The summed E-state index contributed by atoms with van der Waals surface area (Å²) in [5, 5.41) is 0. The Bertz CT molecular complexity index is 611. The number of aryl methyl sites for hydroxylation is 1. The molecule has 3 rings (SSSR count). The molecule has 1 saturated heterocycles. The van der Waals surface area contributed by atoms with Gasteiger partial charge in [0.25, 0.3) is 5.91 Å². The van der Waals surface area contributed by atoms with Crippen LogP contribution in [0.4, 0.5) is 5.69 Å². The number of benzene rings is 1. The van der Waals surface area contributed by atoms with Crippen molar-refractivity contribution in [3.8, 4) is 5.75 Å². The van der Waals surface area contributed by atoms with Crippen molar-refractivity contribution in [1.29, 1.82) is 0 Å². The predicted octanol–water partition coefficient (Wildman–Crippen LogP) is 1.36. The maximum atomic E-state index is 12.7. The van der Waals surface area contributed by atoms with Gasteiger partial charge in [0.15, 0.2) is 6.10 Å². The van der Waals surface area contributed by atoms with Gasteiger partial charge in [-0.1, -0.05) is 13.0 Å². The van der Waals surface area contributed by atoms with Gasteiger partial charge in [-0.05, 0) is 31.0 Å². The highest BCUT2D eigenvalue weighted by Gasteiger charge is 2.35. The molecule has 1 aromatic carbocycles. The van der Waals surface area contributed by atoms with E-state index in [2.05, 4.69) is 0 Å². The summed E-state index contributed by atoms with van der Waals surface area (Å²) in [4.78, 5) is 28.5. The maximum absolute atomic E-state index is 12.7. The average Bonchev–Trinajstić information content (AvgIpc) is 2.58. The first kappa shape index (κ1) is 15.8. The van der Waals surface area contributed by atoms with E-state index in [1.807, 2.05) is 32.0 Å². The SMILES string of the molecule is CC[C@@H]1Oc2ccc(C)cc2N(CC(=O)N2CCOCC2)C1=O. The van der Waals surface area contributed by atoms with E-state index in [9.17, 15) is 9.59 Å². The Balaban J connectivity index is 1.85. The molecule has 1 fully saturated rings. The fourth-order valence-corrected chi connectivity index (χ4v) is 2.90. The van der Waals surface area contributed by atoms with Gasteiger partial charge in [-0.15, -0.1) is 0 Å². The lowest BCUT2D eigenvalue weighted by molar-refractivity contribution is -0.136. The van der Waals surface area contributed by atoms with Crippen LogP contribution in [0.3, 0.4) is 0 Å². The largest absolute Gasteiger partial charge is 0.478 e. The van der Waals surface area contributed by atoms with E-state index in [-0.39, 0.29) is 18.4 Å². The van der Waals surface area contributed by atoms with E-state index in [4.69, 9.17) is 9.47 Å². The molecule has 0 bridgehead atoms. The fraction of sp³-hybridized carbons (Fsp3) is 0.529. The molecular formula is C17H22N2O4. The number of ether oxygens (including phenoxy) is 2. The van der Waals surface area contributed by atoms with Gasteiger partial charge < -0.3 is 14.4 Å². The number of morpholine rings is 1. The number of amides is 2. The molecular weight excluding hydrogens is 296 g/mol. The Hall–Kier alpha value is -2.08. The number of hydrogen-bond donors (Lipinski definition) is 0. The van der Waals surface area contributed by atoms with E-state index in [1.54, 1.807) is 9.80 Å². The molecule has 0 unspecified atom stereocenters. The van der Waals surface area contributed by atoms with E-state index in [1.165, 1.54) is 0 Å². The Morgan fingerprint density at radius 2 is 2.04 bits per heavy atom. The number of fused-ring (bicyclic) bond motifs is 1. The van der Waals surface area contributed by atoms with Crippen LogP contribution in [0.5, 0.6) is 5.75 Å². The smallest absolute Gasteiger partial charge is 0.268 e. The average molecular weight is 318 g/mol. The summed E-state index contributed by atoms with van der Waals surface area (Å²) in [6.07, 6.45) is 0.0525. The Morgan fingerprint density at radius 1 is 1.30 bits per heavy atom. The van der Waals surface area contributed by atoms with Crippen molar-refractivity contribution in [2.45, 2.75) is 26.4 Å². The number of carbonyl (C=O) groups excluding carboxylic acids is 2. The van der Waals surface area contributed by atoms with Crippen LogP contribution in [0, 0.1) is 6.92 Å². The minimum Gasteiger partial charge on any atom is -0.478 e. The van der Waals surface area contributed by atoms with Gasteiger partial charge in [-0.3, -0.25) is 14.5 Å². The zero-order valence-corrected chi connectivity index (χ0v) is 13.6. The molecule has 124 valence electrons. The van der Waals surface area contributed by atoms with E-state index < -0.39 is 6.10 Å². The Labute approximate surface area is 136 Å². The lowest BCUT2D eigenvalue weighted by Gasteiger charge is -2.35. The molecule has 1 aromatic rings. The quantitative estimate of drug-likeness (QED) is 0.844. The first-order chi connectivity index (χ1) is 11.1. The maximum Gasteiger partial charge on any atom is 0.268 e. The number of rotatable bonds is 3. The van der Waals surface area contributed by atoms with Crippen LogP contribution in [0.1, 0.15) is 18.9 Å². The molecule has 6 nitrogen and oxygen atoms in total. The summed E-state index contributed by atoms with van der Waals surface area (Å²) >= 11 is 0. The third-order valence-electron chi connectivity index (χ3n) is 4.24. The van der Waals surface area contributed by atoms with Gasteiger partial charge >= 0.3 is 0 Å². The Morgan fingerprint density at radius 3 is 2.74 bits per heavy atom. The van der Waals surface area contributed by atoms with Gasteiger partial charge in [0.1, 0.15) is 12.3 Å². The minimum absolute atomic E-state index is 0.0501. The highest BCUT2D eigenvalue weighted by atomic mass is 16.5. The summed E-state index contributed by atoms with van der Waals surface area (Å²) in [5.74, 6) is 0.467. The normalized spacial score (nSPS) is 21.0. The third kappa shape index (κ3) is 3.17. The predicted molar refractivity (Wildman–Crippen MR) is 85.6 cm³/mol. The molecule has 0 aromatic heterocycles. The van der Waals surface area contributed by atoms with Crippen molar-refractivity contribution in [2.75, 3.05) is 37.7 Å². The summed E-state index contributed by atoms with van der Waals surface area (Å²) in [7, 11) is 0. The summed E-state index contributed by atoms with van der Waals surface area (Å²) in [6, 6.07) is 5.71. The first-order valence-corrected chi connectivity index (χ1v) is 8.04. The van der Waals surface area contributed by atoms with Crippen LogP contribution >= 0.6 is 0 Å². The zero-order chi connectivity index (χ0) is 16.4. The fourth-order valence-electron chi connectivity index (χ4n) is 2.90. The Kier molecular flexibility index (Phi) is 4.52. The molecule has 0 saturated carbocycles. The number of anilines is 1. The van der Waals surface area contributed by atoms with Gasteiger partial charge in [0.2, 0.25) is 5.91 Å². The van der Waals surface area contributed by atoms with Crippen LogP contribution in [-0.2, 0) is 14.3 Å². The van der Waals surface area contributed by atoms with Crippen molar-refractivity contribution in [3.63, 3.8) is 0 Å². The van der Waals surface area contributed by atoms with Gasteiger partial charge in [-0.2, -0.15) is 0 Å². The second kappa shape index (κ2) is 6.58. The van der Waals surface area contributed by atoms with Crippen molar-refractivity contribution in [2.24, 2.45) is 0 Å². The van der Waals surface area contributed by atoms with Crippen molar-refractivity contribution >= 4 is 17.5 Å². The van der Waals surface area contributed by atoms with Gasteiger partial charge in [-0.25, -0.2) is 0 Å². The monoisotopic (exact) mass is 318 g/mol. The molecule has 2 aliphatic rings. The van der Waals surface area contributed by atoms with Crippen LogP contribution in [0.2, 0.25) is 0 Å². The molecule has 0 N–H and O–H groups in total. The number of nitrogens with zero attached hydrogens (tertiary/aromatic N) is 2. The van der Waals surface area contributed by atoms with Gasteiger partial charge in [0, 0.05) is 13.1 Å². The number of carbonyl (C=O) groups is 2. The summed E-state index contributed by atoms with van der Waals surface area (Å²) in [5.41, 5.74) is 1.71. The highest BCUT2D eigenvalue weighted by molar-refractivity contribution is 6.03. The summed E-state index contributed by atoms with van der Waals surface area (Å²) in [6.45, 7) is 6.17. The topological polar surface area (TPSA) is 59.1 Å². The third-order valence-corrected chi connectivity index (χ3v) is 4.24. The van der Waals surface area contributed by atoms with Crippen LogP contribution in [-0.4, -0.2) is 55.7 Å². The number of hydrogen-bond acceptors (Lipinski definition) is 4. The van der Waals surface area contributed by atoms with E-state index in [0.29, 0.717) is 44.2 Å². The molecule has 6 heteroatoms. The summed E-state index contributed by atoms with van der Waals surface area (Å²) < 4.78 is 11.0. The standard InChI is InChI=1S/C17H22N2O4/c1-3-14-17(21)19(11-16(20)18-6-8-22-9-7-18)13-10-12(2)4-5-15(13)23-14/h4-5,10,14H,3,6-9,11H2,1-2H3/t14-/m0/s1. The molecule has 0 radical (unpaired) electrons. The van der Waals surface area contributed by atoms with Crippen LogP contribution < -0.4 is 9.64 Å². The molecule has 2 heterocycles. The van der Waals surface area contributed by atoms with Crippen molar-refractivity contribution in [3.05, 3.63) is 23.8 Å². The second-order valence-corrected chi connectivity index (χ2v) is 5.90. The zero-order valence-electron chi connectivity index (χ0n) is 13.6. The highest BCUT2D eigenvalue weighted by Crippen LogP contribution is 2.35. The first-order valence-electron chi connectivity index (χ1n) is 8.04. The van der Waals surface area contributed by atoms with E-state index >= 15 is 0 Å². The minimum atomic E-state index is -0.525. The lowest BCUT2D eigenvalue weighted by atomic mass is 10.1. The molecule has 2 amide bonds. The van der Waals surface area contributed by atoms with Gasteiger partial charge in [0.05, 0.1) is 18.9 Å². The van der Waals surface area contributed by atoms with E-state index in [0.717, 1.165) is 5.56 Å². The molecule has 1 atom stereocenters. The molecule has 23 heavy (non-hydrogen) atoms. The molecule has 0 spiro atoms.